The fourth-order valence-corrected chi connectivity index (χ4v) is 4.17. The van der Waals surface area contributed by atoms with E-state index in [-0.39, 0.29) is 36.0 Å². The Morgan fingerprint density at radius 1 is 1.23 bits per heavy atom. The van der Waals surface area contributed by atoms with Crippen molar-refractivity contribution in [2.75, 3.05) is 50.9 Å². The lowest BCUT2D eigenvalue weighted by atomic mass is 9.84. The van der Waals surface area contributed by atoms with Gasteiger partial charge >= 0.3 is 0 Å². The molecule has 2 aliphatic heterocycles. The fraction of sp³-hybridized carbons (Fsp3) is 0.696. The molecule has 1 aromatic rings. The van der Waals surface area contributed by atoms with E-state index < -0.39 is 0 Å². The Morgan fingerprint density at radius 3 is 2.57 bits per heavy atom. The molecule has 2 heterocycles. The van der Waals surface area contributed by atoms with Crippen LogP contribution in [0.4, 0.5) is 5.69 Å². The van der Waals surface area contributed by atoms with Crippen LogP contribution in [0.15, 0.2) is 29.3 Å². The second-order valence-electron chi connectivity index (χ2n) is 8.66. The summed E-state index contributed by atoms with van der Waals surface area (Å²) in [6.45, 7) is 10.7. The topological polar surface area (TPSA) is 69.1 Å². The summed E-state index contributed by atoms with van der Waals surface area (Å²) in [6.07, 6.45) is 4.31. The van der Waals surface area contributed by atoms with Gasteiger partial charge < -0.3 is 25.4 Å². The van der Waals surface area contributed by atoms with E-state index in [9.17, 15) is 5.11 Å². The van der Waals surface area contributed by atoms with Gasteiger partial charge in [0.2, 0.25) is 0 Å². The van der Waals surface area contributed by atoms with Crippen molar-refractivity contribution in [2.24, 2.45) is 16.3 Å². The molecule has 1 aromatic carbocycles. The van der Waals surface area contributed by atoms with Crippen molar-refractivity contribution in [3.8, 4) is 0 Å². The lowest BCUT2D eigenvalue weighted by molar-refractivity contribution is 0.127. The van der Waals surface area contributed by atoms with Crippen molar-refractivity contribution >= 4 is 35.6 Å². The SMILES string of the molecule is CCNC(=NCc1ccc(N2CCC(C)CC2)cc1)NCC1(CCO)CCOC1.I. The maximum absolute atomic E-state index is 9.41. The summed E-state index contributed by atoms with van der Waals surface area (Å²) in [6, 6.07) is 8.84. The van der Waals surface area contributed by atoms with Crippen LogP contribution in [0.5, 0.6) is 0 Å². The molecule has 0 amide bonds. The number of halogens is 1. The van der Waals surface area contributed by atoms with E-state index in [4.69, 9.17) is 9.73 Å². The predicted octanol–water partition coefficient (Wildman–Crippen LogP) is 3.39. The maximum atomic E-state index is 9.41. The average Bonchev–Trinajstić information content (AvgIpc) is 3.20. The molecule has 0 aromatic heterocycles. The molecule has 0 radical (unpaired) electrons. The van der Waals surface area contributed by atoms with Crippen LogP contribution in [0, 0.1) is 11.3 Å². The number of aliphatic hydroxyl groups excluding tert-OH is 1. The quantitative estimate of drug-likeness (QED) is 0.273. The number of nitrogens with zero attached hydrogens (tertiary/aromatic N) is 2. The molecular weight excluding hydrogens is 491 g/mol. The number of aliphatic imine (C=N–C) groups is 1. The third-order valence-electron chi connectivity index (χ3n) is 6.31. The first kappa shape index (κ1) is 25.2. The molecule has 30 heavy (non-hydrogen) atoms. The standard InChI is InChI=1S/C23H38N4O2.HI/c1-3-24-22(26-17-23(10-14-28)11-15-29-18-23)25-16-20-4-6-21(7-5-20)27-12-8-19(2)9-13-27;/h4-7,19,28H,3,8-18H2,1-2H3,(H2,24,25,26);1H. The molecule has 1 atom stereocenters. The van der Waals surface area contributed by atoms with Crippen LogP contribution < -0.4 is 15.5 Å². The van der Waals surface area contributed by atoms with E-state index >= 15 is 0 Å². The lowest BCUT2D eigenvalue weighted by Crippen LogP contribution is -2.44. The van der Waals surface area contributed by atoms with Gasteiger partial charge in [-0.25, -0.2) is 4.99 Å². The third-order valence-corrected chi connectivity index (χ3v) is 6.31. The summed E-state index contributed by atoms with van der Waals surface area (Å²) < 4.78 is 5.59. The van der Waals surface area contributed by atoms with Crippen LogP contribution in [-0.2, 0) is 11.3 Å². The number of nitrogens with one attached hydrogen (secondary N) is 2. The zero-order valence-electron chi connectivity index (χ0n) is 18.5. The largest absolute Gasteiger partial charge is 0.396 e. The Labute approximate surface area is 198 Å². The summed E-state index contributed by atoms with van der Waals surface area (Å²) >= 11 is 0. The van der Waals surface area contributed by atoms with Gasteiger partial charge in [-0.05, 0) is 56.2 Å². The molecule has 0 spiro atoms. The second-order valence-corrected chi connectivity index (χ2v) is 8.66. The highest BCUT2D eigenvalue weighted by Gasteiger charge is 2.34. The molecule has 3 N–H and O–H groups in total. The minimum absolute atomic E-state index is 0. The monoisotopic (exact) mass is 530 g/mol. The summed E-state index contributed by atoms with van der Waals surface area (Å²) in [5.41, 5.74) is 2.55. The van der Waals surface area contributed by atoms with Gasteiger partial charge in [0.1, 0.15) is 0 Å². The number of rotatable bonds is 8. The Kier molecular flexibility index (Phi) is 10.7. The van der Waals surface area contributed by atoms with E-state index in [0.717, 1.165) is 57.5 Å². The third kappa shape index (κ3) is 7.27. The van der Waals surface area contributed by atoms with Gasteiger partial charge in [-0.15, -0.1) is 24.0 Å². The molecule has 7 heteroatoms. The zero-order chi connectivity index (χ0) is 20.5. The van der Waals surface area contributed by atoms with Crippen molar-refractivity contribution < 1.29 is 9.84 Å². The number of hydrogen-bond acceptors (Lipinski definition) is 4. The van der Waals surface area contributed by atoms with Gasteiger partial charge in [-0.3, -0.25) is 0 Å². The average molecular weight is 530 g/mol. The van der Waals surface area contributed by atoms with Gasteiger partial charge in [0, 0.05) is 50.5 Å². The van der Waals surface area contributed by atoms with Gasteiger partial charge in [0.05, 0.1) is 13.2 Å². The molecule has 0 bridgehead atoms. The van der Waals surface area contributed by atoms with Crippen molar-refractivity contribution in [1.82, 2.24) is 10.6 Å². The molecule has 3 rings (SSSR count). The van der Waals surface area contributed by atoms with Crippen LogP contribution in [0.25, 0.3) is 0 Å². The normalized spacial score (nSPS) is 22.6. The van der Waals surface area contributed by atoms with Crippen molar-refractivity contribution in [2.45, 2.75) is 46.1 Å². The first-order valence-electron chi connectivity index (χ1n) is 11.2. The number of aliphatic hydroxyl groups is 1. The number of ether oxygens (including phenoxy) is 1. The van der Waals surface area contributed by atoms with Crippen molar-refractivity contribution in [3.05, 3.63) is 29.8 Å². The summed E-state index contributed by atoms with van der Waals surface area (Å²) in [7, 11) is 0. The van der Waals surface area contributed by atoms with Gasteiger partial charge in [-0.2, -0.15) is 0 Å². The number of benzene rings is 1. The molecule has 0 saturated carbocycles. The predicted molar refractivity (Wildman–Crippen MR) is 135 cm³/mol. The first-order chi connectivity index (χ1) is 14.1. The van der Waals surface area contributed by atoms with E-state index in [1.165, 1.54) is 24.1 Å². The van der Waals surface area contributed by atoms with Crippen molar-refractivity contribution in [1.29, 1.82) is 0 Å². The summed E-state index contributed by atoms with van der Waals surface area (Å²) in [5, 5.41) is 16.2. The molecule has 1 unspecified atom stereocenters. The molecule has 2 aliphatic rings. The highest BCUT2D eigenvalue weighted by molar-refractivity contribution is 14.0. The molecule has 170 valence electrons. The van der Waals surface area contributed by atoms with E-state index in [1.54, 1.807) is 0 Å². The smallest absolute Gasteiger partial charge is 0.191 e. The molecule has 6 nitrogen and oxygen atoms in total. The second kappa shape index (κ2) is 12.7. The van der Waals surface area contributed by atoms with Gasteiger partial charge in [-0.1, -0.05) is 19.1 Å². The lowest BCUT2D eigenvalue weighted by Gasteiger charge is -2.32. The number of hydrogen-bond donors (Lipinski definition) is 3. The summed E-state index contributed by atoms with van der Waals surface area (Å²) in [4.78, 5) is 7.25. The maximum Gasteiger partial charge on any atom is 0.191 e. The van der Waals surface area contributed by atoms with Gasteiger partial charge in [0.15, 0.2) is 5.96 Å². The Bertz CT molecular complexity index is 639. The molecule has 2 fully saturated rings. The van der Waals surface area contributed by atoms with Gasteiger partial charge in [0.25, 0.3) is 0 Å². The van der Waals surface area contributed by atoms with E-state index in [1.807, 2.05) is 0 Å². The Hall–Kier alpha value is -1.06. The first-order valence-corrected chi connectivity index (χ1v) is 11.2. The number of anilines is 1. The van der Waals surface area contributed by atoms with E-state index in [0.29, 0.717) is 13.2 Å². The van der Waals surface area contributed by atoms with Crippen LogP contribution >= 0.6 is 24.0 Å². The highest BCUT2D eigenvalue weighted by atomic mass is 127. The van der Waals surface area contributed by atoms with Crippen molar-refractivity contribution in [3.63, 3.8) is 0 Å². The van der Waals surface area contributed by atoms with Crippen LogP contribution in [0.2, 0.25) is 0 Å². The molecule has 2 saturated heterocycles. The zero-order valence-corrected chi connectivity index (χ0v) is 20.9. The van der Waals surface area contributed by atoms with E-state index in [2.05, 4.69) is 53.6 Å². The minimum Gasteiger partial charge on any atom is -0.396 e. The van der Waals surface area contributed by atoms with Crippen LogP contribution in [0.1, 0.15) is 45.1 Å². The Balaban J connectivity index is 0.00000320. The minimum atomic E-state index is 0. The number of piperidine rings is 1. The summed E-state index contributed by atoms with van der Waals surface area (Å²) in [5.74, 6) is 1.68. The molecular formula is C23H39IN4O2. The molecule has 0 aliphatic carbocycles. The number of guanidine groups is 1. The Morgan fingerprint density at radius 2 is 1.97 bits per heavy atom. The fourth-order valence-electron chi connectivity index (χ4n) is 4.17. The van der Waals surface area contributed by atoms with Crippen LogP contribution in [0.3, 0.4) is 0 Å². The van der Waals surface area contributed by atoms with Crippen LogP contribution in [-0.4, -0.2) is 57.1 Å². The highest BCUT2D eigenvalue weighted by Crippen LogP contribution is 2.31.